The van der Waals surface area contributed by atoms with Crippen LogP contribution in [0.2, 0.25) is 0 Å². The molecule has 0 unspecified atom stereocenters. The van der Waals surface area contributed by atoms with Crippen molar-refractivity contribution in [2.45, 2.75) is 31.6 Å². The van der Waals surface area contributed by atoms with Crippen LogP contribution in [0, 0.1) is 12.8 Å². The number of amides is 1. The summed E-state index contributed by atoms with van der Waals surface area (Å²) in [6.07, 6.45) is 2.02. The molecule has 1 aliphatic rings. The van der Waals surface area contributed by atoms with Gasteiger partial charge in [-0.15, -0.1) is 0 Å². The number of carbonyl (C=O) groups excluding carboxylic acids is 1. The van der Waals surface area contributed by atoms with E-state index < -0.39 is 10.0 Å². The van der Waals surface area contributed by atoms with Crippen LogP contribution in [0.15, 0.2) is 53.4 Å². The minimum atomic E-state index is -3.94. The number of anilines is 1. The van der Waals surface area contributed by atoms with Crippen LogP contribution in [0.4, 0.5) is 5.69 Å². The highest BCUT2D eigenvalue weighted by atomic mass is 32.2. The number of hydrogen-bond acceptors (Lipinski definition) is 4. The number of sulfonamides is 1. The van der Waals surface area contributed by atoms with Crippen molar-refractivity contribution in [1.82, 2.24) is 4.90 Å². The van der Waals surface area contributed by atoms with Gasteiger partial charge in [-0.25, -0.2) is 8.42 Å². The molecule has 29 heavy (non-hydrogen) atoms. The number of ether oxygens (including phenoxy) is 1. The molecule has 1 saturated heterocycles. The van der Waals surface area contributed by atoms with Crippen molar-refractivity contribution in [3.8, 4) is 5.75 Å². The molecule has 0 N–H and O–H groups in total. The molecule has 0 spiro atoms. The SMILES string of the molecule is COc1ccc(C)cc1N(CC(=O)N1CCC[C@@H](C)C1)S(=O)(=O)c1ccccc1. The Morgan fingerprint density at radius 1 is 1.21 bits per heavy atom. The number of piperidine rings is 1. The summed E-state index contributed by atoms with van der Waals surface area (Å²) in [7, 11) is -2.45. The van der Waals surface area contributed by atoms with Crippen molar-refractivity contribution in [2.75, 3.05) is 31.0 Å². The third kappa shape index (κ3) is 4.72. The van der Waals surface area contributed by atoms with Crippen LogP contribution >= 0.6 is 0 Å². The molecule has 156 valence electrons. The number of rotatable bonds is 6. The lowest BCUT2D eigenvalue weighted by atomic mass is 10.0. The first kappa shape index (κ1) is 21.2. The fraction of sp³-hybridized carbons (Fsp3) is 0.409. The molecule has 6 nitrogen and oxygen atoms in total. The number of benzene rings is 2. The van der Waals surface area contributed by atoms with Crippen LogP contribution in [0.5, 0.6) is 5.75 Å². The minimum absolute atomic E-state index is 0.142. The van der Waals surface area contributed by atoms with Crippen LogP contribution in [-0.2, 0) is 14.8 Å². The highest BCUT2D eigenvalue weighted by molar-refractivity contribution is 7.92. The molecular weight excluding hydrogens is 388 g/mol. The summed E-state index contributed by atoms with van der Waals surface area (Å²) in [5.74, 6) is 0.634. The predicted molar refractivity (Wildman–Crippen MR) is 114 cm³/mol. The van der Waals surface area contributed by atoms with Crippen LogP contribution in [0.3, 0.4) is 0 Å². The molecular formula is C22H28N2O4S. The first-order valence-corrected chi connectivity index (χ1v) is 11.3. The van der Waals surface area contributed by atoms with E-state index in [1.165, 1.54) is 23.5 Å². The van der Waals surface area contributed by atoms with E-state index in [0.29, 0.717) is 30.4 Å². The largest absolute Gasteiger partial charge is 0.495 e. The summed E-state index contributed by atoms with van der Waals surface area (Å²) < 4.78 is 33.6. The molecule has 0 bridgehead atoms. The van der Waals surface area contributed by atoms with Gasteiger partial charge < -0.3 is 9.64 Å². The van der Waals surface area contributed by atoms with Gasteiger partial charge in [0.05, 0.1) is 17.7 Å². The van der Waals surface area contributed by atoms with Crippen LogP contribution < -0.4 is 9.04 Å². The lowest BCUT2D eigenvalue weighted by Crippen LogP contribution is -2.46. The molecule has 2 aromatic rings. The van der Waals surface area contributed by atoms with Crippen molar-refractivity contribution in [2.24, 2.45) is 5.92 Å². The molecule has 1 fully saturated rings. The van der Waals surface area contributed by atoms with E-state index in [1.54, 1.807) is 35.2 Å². The van der Waals surface area contributed by atoms with E-state index in [1.807, 2.05) is 13.0 Å². The molecule has 2 aromatic carbocycles. The van der Waals surface area contributed by atoms with Gasteiger partial charge in [0, 0.05) is 13.1 Å². The summed E-state index contributed by atoms with van der Waals surface area (Å²) in [4.78, 5) is 15.0. The zero-order valence-electron chi connectivity index (χ0n) is 17.2. The van der Waals surface area contributed by atoms with Crippen molar-refractivity contribution >= 4 is 21.6 Å². The standard InChI is InChI=1S/C22H28N2O4S/c1-17-11-12-21(28-3)20(14-17)24(29(26,27)19-9-5-4-6-10-19)16-22(25)23-13-7-8-18(2)15-23/h4-6,9-12,14,18H,7-8,13,15-16H2,1-3H3/t18-/m1/s1. The van der Waals surface area contributed by atoms with Gasteiger partial charge in [0.2, 0.25) is 5.91 Å². The Morgan fingerprint density at radius 3 is 2.59 bits per heavy atom. The number of methoxy groups -OCH3 is 1. The maximum atomic E-state index is 13.5. The number of carbonyl (C=O) groups is 1. The topological polar surface area (TPSA) is 66.9 Å². The van der Waals surface area contributed by atoms with Crippen molar-refractivity contribution in [3.63, 3.8) is 0 Å². The Labute approximate surface area is 173 Å². The molecule has 0 aliphatic carbocycles. The summed E-state index contributed by atoms with van der Waals surface area (Å²) in [5.41, 5.74) is 1.25. The van der Waals surface area contributed by atoms with Gasteiger partial charge in [0.15, 0.2) is 0 Å². The van der Waals surface area contributed by atoms with Crippen LogP contribution in [-0.4, -0.2) is 46.0 Å². The molecule has 1 aliphatic heterocycles. The van der Waals surface area contributed by atoms with Gasteiger partial charge in [-0.2, -0.15) is 0 Å². The fourth-order valence-electron chi connectivity index (χ4n) is 3.65. The van der Waals surface area contributed by atoms with Crippen molar-refractivity contribution in [1.29, 1.82) is 0 Å². The van der Waals surface area contributed by atoms with E-state index >= 15 is 0 Å². The van der Waals surface area contributed by atoms with Crippen LogP contribution in [0.25, 0.3) is 0 Å². The van der Waals surface area contributed by atoms with Crippen molar-refractivity contribution in [3.05, 3.63) is 54.1 Å². The highest BCUT2D eigenvalue weighted by Crippen LogP contribution is 2.33. The predicted octanol–water partition coefficient (Wildman–Crippen LogP) is 3.46. The lowest BCUT2D eigenvalue weighted by molar-refractivity contribution is -0.131. The zero-order chi connectivity index (χ0) is 21.0. The Hall–Kier alpha value is -2.54. The molecule has 1 atom stereocenters. The molecule has 7 heteroatoms. The Morgan fingerprint density at radius 2 is 1.93 bits per heavy atom. The minimum Gasteiger partial charge on any atom is -0.495 e. The van der Waals surface area contributed by atoms with Gasteiger partial charge in [0.1, 0.15) is 12.3 Å². The first-order chi connectivity index (χ1) is 13.8. The van der Waals surface area contributed by atoms with E-state index in [4.69, 9.17) is 4.74 Å². The van der Waals surface area contributed by atoms with Gasteiger partial charge in [-0.05, 0) is 55.5 Å². The maximum absolute atomic E-state index is 13.5. The quantitative estimate of drug-likeness (QED) is 0.723. The summed E-state index contributed by atoms with van der Waals surface area (Å²) in [5, 5.41) is 0. The molecule has 1 amide bonds. The molecule has 3 rings (SSSR count). The Kier molecular flexibility index (Phi) is 6.47. The molecule has 0 saturated carbocycles. The second-order valence-electron chi connectivity index (χ2n) is 7.59. The normalized spacial score (nSPS) is 17.1. The van der Waals surface area contributed by atoms with E-state index in [-0.39, 0.29) is 17.3 Å². The zero-order valence-corrected chi connectivity index (χ0v) is 18.0. The number of nitrogens with zero attached hydrogens (tertiary/aromatic N) is 2. The Balaban J connectivity index is 2.03. The van der Waals surface area contributed by atoms with Gasteiger partial charge >= 0.3 is 0 Å². The highest BCUT2D eigenvalue weighted by Gasteiger charge is 2.32. The van der Waals surface area contributed by atoms with Crippen molar-refractivity contribution < 1.29 is 17.9 Å². The molecule has 1 heterocycles. The smallest absolute Gasteiger partial charge is 0.264 e. The second kappa shape index (κ2) is 8.86. The molecule has 0 radical (unpaired) electrons. The average Bonchev–Trinajstić information content (AvgIpc) is 2.72. The number of aryl methyl sites for hydroxylation is 1. The van der Waals surface area contributed by atoms with Gasteiger partial charge in [-0.1, -0.05) is 31.2 Å². The third-order valence-electron chi connectivity index (χ3n) is 5.22. The monoisotopic (exact) mass is 416 g/mol. The van der Waals surface area contributed by atoms with Gasteiger partial charge in [-0.3, -0.25) is 9.10 Å². The maximum Gasteiger partial charge on any atom is 0.264 e. The fourth-order valence-corrected chi connectivity index (χ4v) is 5.09. The first-order valence-electron chi connectivity index (χ1n) is 9.83. The van der Waals surface area contributed by atoms with E-state index in [9.17, 15) is 13.2 Å². The van der Waals surface area contributed by atoms with Gasteiger partial charge in [0.25, 0.3) is 10.0 Å². The van der Waals surface area contributed by atoms with E-state index in [2.05, 4.69) is 6.92 Å². The third-order valence-corrected chi connectivity index (χ3v) is 7.00. The number of hydrogen-bond donors (Lipinski definition) is 0. The molecule has 0 aromatic heterocycles. The Bertz CT molecular complexity index is 960. The second-order valence-corrected chi connectivity index (χ2v) is 9.45. The summed E-state index contributed by atoms with van der Waals surface area (Å²) in [6, 6.07) is 13.5. The lowest BCUT2D eigenvalue weighted by Gasteiger charge is -2.33. The van der Waals surface area contributed by atoms with Crippen LogP contribution in [0.1, 0.15) is 25.3 Å². The summed E-state index contributed by atoms with van der Waals surface area (Å²) in [6.45, 7) is 5.05. The number of likely N-dealkylation sites (tertiary alicyclic amines) is 1. The average molecular weight is 417 g/mol. The summed E-state index contributed by atoms with van der Waals surface area (Å²) >= 11 is 0. The van der Waals surface area contributed by atoms with E-state index in [0.717, 1.165) is 18.4 Å².